The third kappa shape index (κ3) is 2.62. The van der Waals surface area contributed by atoms with Crippen LogP contribution >= 0.6 is 0 Å². The Morgan fingerprint density at radius 2 is 2.09 bits per heavy atom. The van der Waals surface area contributed by atoms with Crippen LogP contribution in [0, 0.1) is 5.92 Å². The number of unbranched alkanes of at least 4 members (excludes halogenated alkanes) is 2. The fraction of sp³-hybridized carbons (Fsp3) is 0.632. The van der Waals surface area contributed by atoms with Crippen molar-refractivity contribution < 1.29 is 14.4 Å². The van der Waals surface area contributed by atoms with E-state index in [0.29, 0.717) is 11.7 Å². The van der Waals surface area contributed by atoms with Gasteiger partial charge in [0.2, 0.25) is 0 Å². The lowest BCUT2D eigenvalue weighted by Crippen LogP contribution is -2.45. The molecule has 120 valence electrons. The molecule has 2 aliphatic heterocycles. The number of phenols is 1. The van der Waals surface area contributed by atoms with Gasteiger partial charge in [0.25, 0.3) is 0 Å². The van der Waals surface area contributed by atoms with E-state index in [1.165, 1.54) is 24.8 Å². The second-order valence-electron chi connectivity index (χ2n) is 7.41. The fourth-order valence-electron chi connectivity index (χ4n) is 3.96. The molecule has 0 saturated heterocycles. The Balaban J connectivity index is 1.97. The maximum Gasteiger partial charge on any atom is 0.150 e. The average molecular weight is 302 g/mol. The Hall–Kier alpha value is -1.51. The summed E-state index contributed by atoms with van der Waals surface area (Å²) in [6, 6.07) is 4.09. The Kier molecular flexibility index (Phi) is 3.92. The van der Waals surface area contributed by atoms with E-state index in [9.17, 15) is 5.11 Å². The molecule has 3 rings (SSSR count). The monoisotopic (exact) mass is 302 g/mol. The zero-order valence-corrected chi connectivity index (χ0v) is 14.2. The van der Waals surface area contributed by atoms with Crippen molar-refractivity contribution in [3.05, 3.63) is 23.3 Å². The first-order chi connectivity index (χ1) is 10.4. The van der Waals surface area contributed by atoms with E-state index >= 15 is 0 Å². The highest BCUT2D eigenvalue weighted by molar-refractivity contribution is 5.71. The van der Waals surface area contributed by atoms with Gasteiger partial charge in [-0.1, -0.05) is 19.8 Å². The Morgan fingerprint density at radius 1 is 1.32 bits per heavy atom. The van der Waals surface area contributed by atoms with Crippen LogP contribution in [0.3, 0.4) is 0 Å². The van der Waals surface area contributed by atoms with Crippen molar-refractivity contribution in [2.24, 2.45) is 5.92 Å². The molecular formula is C19H28NO2+. The minimum atomic E-state index is -0.201. The van der Waals surface area contributed by atoms with Crippen molar-refractivity contribution in [1.29, 1.82) is 0 Å². The number of rotatable bonds is 4. The quantitative estimate of drug-likeness (QED) is 0.679. The molecule has 3 heteroatoms. The first kappa shape index (κ1) is 15.4. The largest absolute Gasteiger partial charge is 0.507 e. The number of hydrogen-bond donors (Lipinski definition) is 1. The normalized spacial score (nSPS) is 25.2. The number of phenolic OH excluding ortho intramolecular Hbond substituents is 1. The van der Waals surface area contributed by atoms with E-state index in [2.05, 4.69) is 44.7 Å². The molecule has 1 aromatic rings. The van der Waals surface area contributed by atoms with Crippen LogP contribution in [0.4, 0.5) is 0 Å². The summed E-state index contributed by atoms with van der Waals surface area (Å²) in [4.78, 5) is 0. The number of benzene rings is 1. The van der Waals surface area contributed by atoms with Gasteiger partial charge in [0.15, 0.2) is 0 Å². The Bertz CT molecular complexity index is 604. The molecule has 0 fully saturated rings. The van der Waals surface area contributed by atoms with Crippen LogP contribution < -0.4 is 4.74 Å². The number of aromatic hydroxyl groups is 1. The molecular weight excluding hydrogens is 274 g/mol. The summed E-state index contributed by atoms with van der Waals surface area (Å²) in [6.45, 7) is 7.53. The van der Waals surface area contributed by atoms with Gasteiger partial charge in [0.1, 0.15) is 36.9 Å². The molecule has 2 aliphatic rings. The minimum Gasteiger partial charge on any atom is -0.507 e. The summed E-state index contributed by atoms with van der Waals surface area (Å²) in [5.74, 6) is 1.93. The molecule has 0 bridgehead atoms. The van der Waals surface area contributed by atoms with Crippen LogP contribution in [0.5, 0.6) is 11.5 Å². The average Bonchev–Trinajstić information content (AvgIpc) is 2.80. The summed E-state index contributed by atoms with van der Waals surface area (Å²) in [6.07, 6.45) is 6.86. The Morgan fingerprint density at radius 3 is 2.82 bits per heavy atom. The molecule has 0 aromatic heterocycles. The van der Waals surface area contributed by atoms with Gasteiger partial charge < -0.3 is 9.84 Å². The lowest BCUT2D eigenvalue weighted by atomic mass is 9.75. The van der Waals surface area contributed by atoms with E-state index in [-0.39, 0.29) is 11.5 Å². The van der Waals surface area contributed by atoms with Crippen LogP contribution in [0.25, 0.3) is 0 Å². The molecule has 0 unspecified atom stereocenters. The van der Waals surface area contributed by atoms with E-state index in [1.54, 1.807) is 0 Å². The van der Waals surface area contributed by atoms with E-state index in [1.807, 2.05) is 6.07 Å². The maximum atomic E-state index is 10.6. The number of aryl methyl sites for hydroxylation is 1. The molecule has 3 nitrogen and oxygen atoms in total. The van der Waals surface area contributed by atoms with Crippen molar-refractivity contribution in [2.75, 3.05) is 13.6 Å². The number of nitrogens with zero attached hydrogens (tertiary/aromatic N) is 1. The van der Waals surface area contributed by atoms with Crippen LogP contribution in [0.2, 0.25) is 0 Å². The maximum absolute atomic E-state index is 10.6. The van der Waals surface area contributed by atoms with Crippen LogP contribution in [-0.4, -0.2) is 35.1 Å². The zero-order chi connectivity index (χ0) is 15.9. The Labute approximate surface area is 133 Å². The summed E-state index contributed by atoms with van der Waals surface area (Å²) >= 11 is 0. The SMILES string of the molecule is CCCCCc1cc(O)c2c(c1)OC(C)(C)[C@@H]1C[N+](C)=C[C@@H]21. The minimum absolute atomic E-state index is 0.201. The second-order valence-corrected chi connectivity index (χ2v) is 7.41. The van der Waals surface area contributed by atoms with Gasteiger partial charge in [-0.25, -0.2) is 4.58 Å². The number of ether oxygens (including phenoxy) is 1. The van der Waals surface area contributed by atoms with Gasteiger partial charge in [-0.3, -0.25) is 0 Å². The van der Waals surface area contributed by atoms with E-state index in [4.69, 9.17) is 4.74 Å². The van der Waals surface area contributed by atoms with Gasteiger partial charge in [0, 0.05) is 5.56 Å². The molecule has 0 saturated carbocycles. The second kappa shape index (κ2) is 5.60. The van der Waals surface area contributed by atoms with E-state index < -0.39 is 0 Å². The molecule has 2 heterocycles. The first-order valence-electron chi connectivity index (χ1n) is 8.52. The highest BCUT2D eigenvalue weighted by atomic mass is 16.5. The van der Waals surface area contributed by atoms with Crippen LogP contribution in [-0.2, 0) is 6.42 Å². The highest BCUT2D eigenvalue weighted by Crippen LogP contribution is 2.49. The summed E-state index contributed by atoms with van der Waals surface area (Å²) in [5.41, 5.74) is 1.96. The third-order valence-corrected chi connectivity index (χ3v) is 5.18. The van der Waals surface area contributed by atoms with Gasteiger partial charge in [-0.05, 0) is 44.4 Å². The summed E-state index contributed by atoms with van der Waals surface area (Å²) in [5, 5.41) is 10.6. The number of hydrogen-bond acceptors (Lipinski definition) is 2. The number of fused-ring (bicyclic) bond motifs is 3. The molecule has 0 spiro atoms. The van der Waals surface area contributed by atoms with Crippen molar-refractivity contribution in [3.8, 4) is 11.5 Å². The molecule has 0 amide bonds. The van der Waals surface area contributed by atoms with Gasteiger partial charge in [-0.15, -0.1) is 0 Å². The van der Waals surface area contributed by atoms with Crippen LogP contribution in [0.1, 0.15) is 57.1 Å². The standard InChI is InChI=1S/C19H27NO2/c1-5-6-7-8-13-9-16(21)18-14-11-20(4)12-15(14)19(2,3)22-17(18)10-13/h9-11,14-15H,5-8,12H2,1-4H3/p+1/t14-,15-/m1/s1. The van der Waals surface area contributed by atoms with Crippen molar-refractivity contribution in [1.82, 2.24) is 0 Å². The molecule has 1 aromatic carbocycles. The van der Waals surface area contributed by atoms with Gasteiger partial charge in [0.05, 0.1) is 11.8 Å². The predicted octanol–water partition coefficient (Wildman–Crippen LogP) is 3.72. The fourth-order valence-corrected chi connectivity index (χ4v) is 3.96. The van der Waals surface area contributed by atoms with Crippen molar-refractivity contribution >= 4 is 6.21 Å². The van der Waals surface area contributed by atoms with Gasteiger partial charge >= 0.3 is 0 Å². The molecule has 1 N–H and O–H groups in total. The summed E-state index contributed by atoms with van der Waals surface area (Å²) in [7, 11) is 2.10. The lowest BCUT2D eigenvalue weighted by Gasteiger charge is -2.39. The third-order valence-electron chi connectivity index (χ3n) is 5.18. The van der Waals surface area contributed by atoms with Gasteiger partial charge in [-0.2, -0.15) is 0 Å². The molecule has 0 aliphatic carbocycles. The van der Waals surface area contributed by atoms with E-state index in [0.717, 1.165) is 24.3 Å². The first-order valence-corrected chi connectivity index (χ1v) is 8.52. The molecule has 22 heavy (non-hydrogen) atoms. The predicted molar refractivity (Wildman–Crippen MR) is 89.4 cm³/mol. The smallest absolute Gasteiger partial charge is 0.150 e. The van der Waals surface area contributed by atoms with Crippen molar-refractivity contribution in [2.45, 2.75) is 58.0 Å². The molecule has 2 atom stereocenters. The van der Waals surface area contributed by atoms with Crippen LogP contribution in [0.15, 0.2) is 12.1 Å². The van der Waals surface area contributed by atoms with Crippen molar-refractivity contribution in [3.63, 3.8) is 0 Å². The topological polar surface area (TPSA) is 32.5 Å². The zero-order valence-electron chi connectivity index (χ0n) is 14.2. The molecule has 0 radical (unpaired) electrons. The summed E-state index contributed by atoms with van der Waals surface area (Å²) < 4.78 is 8.53. The highest BCUT2D eigenvalue weighted by Gasteiger charge is 2.50. The lowest BCUT2D eigenvalue weighted by molar-refractivity contribution is -0.492.